The molecular weight excluding hydrogens is 166 g/mol. The summed E-state index contributed by atoms with van der Waals surface area (Å²) in [6.45, 7) is 0.444. The molecule has 1 aromatic carbocycles. The molecule has 1 aromatic rings. The van der Waals surface area contributed by atoms with Gasteiger partial charge in [0.05, 0.1) is 5.56 Å². The van der Waals surface area contributed by atoms with E-state index in [1.165, 1.54) is 0 Å². The summed E-state index contributed by atoms with van der Waals surface area (Å²) in [6, 6.07) is 6.52. The summed E-state index contributed by atoms with van der Waals surface area (Å²) in [6.07, 6.45) is 8.00. The molecule has 0 bridgehead atoms. The molecule has 0 amide bonds. The maximum absolute atomic E-state index is 10.4. The SMILES string of the molecule is C#C.NCc1ccc(C(=O)O)cc1. The van der Waals surface area contributed by atoms with Crippen molar-refractivity contribution in [2.24, 2.45) is 5.73 Å². The van der Waals surface area contributed by atoms with Crippen molar-refractivity contribution in [3.05, 3.63) is 35.4 Å². The van der Waals surface area contributed by atoms with Crippen molar-refractivity contribution < 1.29 is 9.90 Å². The highest BCUT2D eigenvalue weighted by Crippen LogP contribution is 2.02. The Morgan fingerprint density at radius 1 is 1.31 bits per heavy atom. The number of carboxylic acids is 1. The summed E-state index contributed by atoms with van der Waals surface area (Å²) >= 11 is 0. The molecule has 0 heterocycles. The first-order valence-electron chi connectivity index (χ1n) is 3.59. The Morgan fingerprint density at radius 2 is 1.77 bits per heavy atom. The van der Waals surface area contributed by atoms with Gasteiger partial charge in [0, 0.05) is 6.54 Å². The zero-order chi connectivity index (χ0) is 10.3. The molecular formula is C10H11NO2. The maximum atomic E-state index is 10.4. The van der Waals surface area contributed by atoms with Gasteiger partial charge in [0.25, 0.3) is 0 Å². The molecule has 0 aromatic heterocycles. The van der Waals surface area contributed by atoms with E-state index in [2.05, 4.69) is 12.8 Å². The van der Waals surface area contributed by atoms with Crippen LogP contribution in [0, 0.1) is 12.8 Å². The lowest BCUT2D eigenvalue weighted by Gasteiger charge is -1.96. The average molecular weight is 177 g/mol. The number of hydrogen-bond donors (Lipinski definition) is 2. The second-order valence-corrected chi connectivity index (χ2v) is 2.21. The summed E-state index contributed by atoms with van der Waals surface area (Å²) in [5.74, 6) is -0.909. The second-order valence-electron chi connectivity index (χ2n) is 2.21. The fourth-order valence-electron chi connectivity index (χ4n) is 0.783. The molecule has 3 heteroatoms. The molecule has 13 heavy (non-hydrogen) atoms. The first-order chi connectivity index (χ1) is 6.24. The van der Waals surface area contributed by atoms with Crippen molar-refractivity contribution in [2.75, 3.05) is 0 Å². The fraction of sp³-hybridized carbons (Fsp3) is 0.100. The van der Waals surface area contributed by atoms with Gasteiger partial charge in [-0.25, -0.2) is 4.79 Å². The summed E-state index contributed by atoms with van der Waals surface area (Å²) in [5.41, 5.74) is 6.56. The van der Waals surface area contributed by atoms with Gasteiger partial charge in [-0.3, -0.25) is 0 Å². The van der Waals surface area contributed by atoms with Gasteiger partial charge in [0.1, 0.15) is 0 Å². The molecule has 0 aliphatic rings. The molecule has 0 fully saturated rings. The van der Waals surface area contributed by atoms with Gasteiger partial charge in [0.15, 0.2) is 0 Å². The molecule has 0 aliphatic carbocycles. The second kappa shape index (κ2) is 5.81. The van der Waals surface area contributed by atoms with Crippen molar-refractivity contribution in [1.29, 1.82) is 0 Å². The molecule has 0 unspecified atom stereocenters. The van der Waals surface area contributed by atoms with Crippen LogP contribution in [0.3, 0.4) is 0 Å². The summed E-state index contributed by atoms with van der Waals surface area (Å²) in [5, 5.41) is 8.52. The van der Waals surface area contributed by atoms with Gasteiger partial charge in [-0.1, -0.05) is 12.1 Å². The number of terminal acetylenes is 1. The van der Waals surface area contributed by atoms with E-state index in [1.54, 1.807) is 24.3 Å². The quantitative estimate of drug-likeness (QED) is 0.665. The molecule has 0 atom stereocenters. The monoisotopic (exact) mass is 177 g/mol. The van der Waals surface area contributed by atoms with Gasteiger partial charge in [-0.15, -0.1) is 12.8 Å². The lowest BCUT2D eigenvalue weighted by atomic mass is 10.1. The van der Waals surface area contributed by atoms with Crippen LogP contribution < -0.4 is 5.73 Å². The Bertz CT molecular complexity index is 288. The predicted molar refractivity (Wildman–Crippen MR) is 51.2 cm³/mol. The van der Waals surface area contributed by atoms with Crippen molar-refractivity contribution in [2.45, 2.75) is 6.54 Å². The van der Waals surface area contributed by atoms with Gasteiger partial charge in [-0.05, 0) is 17.7 Å². The van der Waals surface area contributed by atoms with Crippen molar-refractivity contribution in [1.82, 2.24) is 0 Å². The third-order valence-corrected chi connectivity index (χ3v) is 1.44. The van der Waals surface area contributed by atoms with Crippen LogP contribution in [0.5, 0.6) is 0 Å². The van der Waals surface area contributed by atoms with E-state index in [-0.39, 0.29) is 0 Å². The Labute approximate surface area is 77.2 Å². The average Bonchev–Trinajstić information content (AvgIpc) is 2.21. The number of benzene rings is 1. The molecule has 0 saturated carbocycles. The number of aromatic carboxylic acids is 1. The minimum absolute atomic E-state index is 0.294. The van der Waals surface area contributed by atoms with Crippen LogP contribution in [0.2, 0.25) is 0 Å². The molecule has 0 radical (unpaired) electrons. The predicted octanol–water partition coefficient (Wildman–Crippen LogP) is 1.09. The first-order valence-corrected chi connectivity index (χ1v) is 3.59. The van der Waals surface area contributed by atoms with Crippen LogP contribution in [0.1, 0.15) is 15.9 Å². The Balaban J connectivity index is 0.000000671. The van der Waals surface area contributed by atoms with E-state index in [1.807, 2.05) is 0 Å². The third-order valence-electron chi connectivity index (χ3n) is 1.44. The summed E-state index contributed by atoms with van der Waals surface area (Å²) in [7, 11) is 0. The Hall–Kier alpha value is -1.79. The third kappa shape index (κ3) is 3.41. The van der Waals surface area contributed by atoms with E-state index in [9.17, 15) is 4.79 Å². The van der Waals surface area contributed by atoms with E-state index in [0.29, 0.717) is 12.1 Å². The number of carbonyl (C=O) groups is 1. The topological polar surface area (TPSA) is 63.3 Å². The molecule has 3 N–H and O–H groups in total. The van der Waals surface area contributed by atoms with Crippen molar-refractivity contribution in [3.8, 4) is 12.8 Å². The van der Waals surface area contributed by atoms with Crippen LogP contribution in [-0.4, -0.2) is 11.1 Å². The van der Waals surface area contributed by atoms with Crippen LogP contribution in [0.25, 0.3) is 0 Å². The summed E-state index contributed by atoms with van der Waals surface area (Å²) in [4.78, 5) is 10.4. The van der Waals surface area contributed by atoms with Crippen molar-refractivity contribution >= 4 is 5.97 Å². The highest BCUT2D eigenvalue weighted by molar-refractivity contribution is 5.87. The van der Waals surface area contributed by atoms with Crippen LogP contribution in [0.15, 0.2) is 24.3 Å². The highest BCUT2D eigenvalue weighted by atomic mass is 16.4. The number of hydrogen-bond acceptors (Lipinski definition) is 2. The van der Waals surface area contributed by atoms with E-state index < -0.39 is 5.97 Å². The van der Waals surface area contributed by atoms with E-state index >= 15 is 0 Å². The van der Waals surface area contributed by atoms with Gasteiger partial charge in [0.2, 0.25) is 0 Å². The lowest BCUT2D eigenvalue weighted by Crippen LogP contribution is -1.99. The van der Waals surface area contributed by atoms with Gasteiger partial charge < -0.3 is 10.8 Å². The molecule has 3 nitrogen and oxygen atoms in total. The molecule has 68 valence electrons. The normalized spacial score (nSPS) is 8.23. The van der Waals surface area contributed by atoms with E-state index in [4.69, 9.17) is 10.8 Å². The first kappa shape index (κ1) is 11.2. The molecule has 0 saturated heterocycles. The zero-order valence-electron chi connectivity index (χ0n) is 7.10. The van der Waals surface area contributed by atoms with Gasteiger partial charge >= 0.3 is 5.97 Å². The standard InChI is InChI=1S/C8H9NO2.C2H2/c9-5-6-1-3-7(4-2-6)8(10)11;1-2/h1-4H,5,9H2,(H,10,11);1-2H. The smallest absolute Gasteiger partial charge is 0.335 e. The minimum atomic E-state index is -0.909. The number of nitrogens with two attached hydrogens (primary N) is 1. The number of rotatable bonds is 2. The van der Waals surface area contributed by atoms with Crippen molar-refractivity contribution in [3.63, 3.8) is 0 Å². The minimum Gasteiger partial charge on any atom is -0.478 e. The number of carboxylic acid groups (broad SMARTS) is 1. The van der Waals surface area contributed by atoms with Gasteiger partial charge in [-0.2, -0.15) is 0 Å². The Kier molecular flexibility index (Phi) is 5.01. The highest BCUT2D eigenvalue weighted by Gasteiger charge is 1.99. The fourth-order valence-corrected chi connectivity index (χ4v) is 0.783. The van der Waals surface area contributed by atoms with Crippen LogP contribution >= 0.6 is 0 Å². The summed E-state index contributed by atoms with van der Waals surface area (Å²) < 4.78 is 0. The maximum Gasteiger partial charge on any atom is 0.335 e. The zero-order valence-corrected chi connectivity index (χ0v) is 7.10. The molecule has 0 aliphatic heterocycles. The molecule has 1 rings (SSSR count). The van der Waals surface area contributed by atoms with Crippen LogP contribution in [-0.2, 0) is 6.54 Å². The Morgan fingerprint density at radius 3 is 2.08 bits per heavy atom. The van der Waals surface area contributed by atoms with E-state index in [0.717, 1.165) is 5.56 Å². The van der Waals surface area contributed by atoms with Crippen LogP contribution in [0.4, 0.5) is 0 Å². The molecule has 0 spiro atoms. The lowest BCUT2D eigenvalue weighted by molar-refractivity contribution is 0.0697. The largest absolute Gasteiger partial charge is 0.478 e.